The molecule has 5 rings (SSSR count). The SMILES string of the molecule is CCOC1NC(N)=Nc2c1ncn2[C@@H]1O[C@H](COP(=O)(NC(C)C(=O)OC2CCCCC2)Oc2ccccc2)[C@@H](O)[C@@]1(C)Cl. The summed E-state index contributed by atoms with van der Waals surface area (Å²) >= 11 is 6.86. The van der Waals surface area contributed by atoms with Crippen LogP contribution in [0, 0.1) is 0 Å². The molecule has 1 aromatic heterocycles. The van der Waals surface area contributed by atoms with Crippen LogP contribution in [0.1, 0.15) is 71.0 Å². The van der Waals surface area contributed by atoms with E-state index in [0.717, 1.165) is 32.1 Å². The van der Waals surface area contributed by atoms with Crippen molar-refractivity contribution in [1.29, 1.82) is 0 Å². The molecule has 2 fully saturated rings. The number of benzene rings is 1. The van der Waals surface area contributed by atoms with Crippen LogP contribution in [0.25, 0.3) is 0 Å². The first kappa shape index (κ1) is 32.7. The summed E-state index contributed by atoms with van der Waals surface area (Å²) in [5, 5.41) is 16.8. The molecule has 3 aliphatic rings. The fourth-order valence-electron chi connectivity index (χ4n) is 5.45. The van der Waals surface area contributed by atoms with Crippen LogP contribution in [0.5, 0.6) is 5.75 Å². The number of aliphatic hydroxyl groups is 1. The first-order valence-electron chi connectivity index (χ1n) is 14.8. The second kappa shape index (κ2) is 13.7. The van der Waals surface area contributed by atoms with E-state index in [1.807, 2.05) is 6.92 Å². The maximum atomic E-state index is 14.0. The number of carbonyl (C=O) groups excluding carboxylic acids is 1. The van der Waals surface area contributed by atoms with Crippen LogP contribution in [0.4, 0.5) is 5.82 Å². The van der Waals surface area contributed by atoms with E-state index in [2.05, 4.69) is 20.4 Å². The van der Waals surface area contributed by atoms with Crippen LogP contribution in [0.2, 0.25) is 0 Å². The minimum absolute atomic E-state index is 0.119. The lowest BCUT2D eigenvalue weighted by atomic mass is 9.98. The number of nitrogens with zero attached hydrogens (tertiary/aromatic N) is 3. The number of carbonyl (C=O) groups is 1. The molecule has 1 aromatic carbocycles. The number of hydrogen-bond donors (Lipinski definition) is 4. The Morgan fingerprint density at radius 1 is 1.32 bits per heavy atom. The second-order valence-corrected chi connectivity index (χ2v) is 13.7. The molecule has 16 heteroatoms. The highest BCUT2D eigenvalue weighted by Crippen LogP contribution is 2.49. The lowest BCUT2D eigenvalue weighted by Crippen LogP contribution is -2.41. The molecule has 242 valence electrons. The highest BCUT2D eigenvalue weighted by atomic mass is 35.5. The zero-order valence-corrected chi connectivity index (χ0v) is 26.6. The largest absolute Gasteiger partial charge is 0.461 e. The number of aliphatic imine (C=N–C) groups is 1. The molecule has 44 heavy (non-hydrogen) atoms. The Morgan fingerprint density at radius 3 is 2.75 bits per heavy atom. The fourth-order valence-corrected chi connectivity index (χ4v) is 7.25. The predicted octanol–water partition coefficient (Wildman–Crippen LogP) is 3.78. The van der Waals surface area contributed by atoms with Crippen LogP contribution < -0.4 is 20.7 Å². The number of ether oxygens (including phenoxy) is 3. The number of imidazole rings is 1. The van der Waals surface area contributed by atoms with E-state index in [1.165, 1.54) is 13.3 Å². The van der Waals surface area contributed by atoms with E-state index in [-0.39, 0.29) is 17.8 Å². The first-order chi connectivity index (χ1) is 21.0. The zero-order chi connectivity index (χ0) is 31.5. The quantitative estimate of drug-likeness (QED) is 0.148. The number of fused-ring (bicyclic) bond motifs is 1. The smallest absolute Gasteiger partial charge is 0.459 e. The van der Waals surface area contributed by atoms with E-state index >= 15 is 0 Å². The number of nitrogens with two attached hydrogens (primary N) is 1. The topological polar surface area (TPSA) is 181 Å². The van der Waals surface area contributed by atoms with Crippen molar-refractivity contribution in [2.75, 3.05) is 13.2 Å². The summed E-state index contributed by atoms with van der Waals surface area (Å²) in [6, 6.07) is 7.39. The number of aliphatic hydroxyl groups excluding tert-OH is 1. The Hall–Kier alpha value is -2.71. The number of alkyl halides is 1. The number of esters is 1. The van der Waals surface area contributed by atoms with Gasteiger partial charge in [-0.2, -0.15) is 10.1 Å². The van der Waals surface area contributed by atoms with Crippen molar-refractivity contribution < 1.29 is 37.7 Å². The molecule has 14 nitrogen and oxygen atoms in total. The van der Waals surface area contributed by atoms with E-state index in [4.69, 9.17) is 40.6 Å². The van der Waals surface area contributed by atoms with Gasteiger partial charge in [-0.15, -0.1) is 11.6 Å². The molecule has 0 amide bonds. The summed E-state index contributed by atoms with van der Waals surface area (Å²) in [7, 11) is -4.22. The van der Waals surface area contributed by atoms with Gasteiger partial charge in [-0.1, -0.05) is 24.6 Å². The van der Waals surface area contributed by atoms with E-state index in [1.54, 1.807) is 41.8 Å². The van der Waals surface area contributed by atoms with E-state index in [0.29, 0.717) is 18.1 Å². The second-order valence-electron chi connectivity index (χ2n) is 11.2. The van der Waals surface area contributed by atoms with Gasteiger partial charge in [-0.3, -0.25) is 13.9 Å². The lowest BCUT2D eigenvalue weighted by molar-refractivity contribution is -0.152. The maximum absolute atomic E-state index is 14.0. The molecule has 5 N–H and O–H groups in total. The van der Waals surface area contributed by atoms with Crippen LogP contribution in [-0.4, -0.2) is 69.0 Å². The minimum Gasteiger partial charge on any atom is -0.461 e. The summed E-state index contributed by atoms with van der Waals surface area (Å²) in [4.78, 5) is 20.3. The van der Waals surface area contributed by atoms with Gasteiger partial charge in [0, 0.05) is 6.61 Å². The number of aromatic nitrogens is 2. The zero-order valence-electron chi connectivity index (χ0n) is 24.9. The van der Waals surface area contributed by atoms with Gasteiger partial charge in [0.25, 0.3) is 0 Å². The third-order valence-corrected chi connectivity index (χ3v) is 9.82. The molecular formula is C28H40ClN6O8P. The normalized spacial score (nSPS) is 29.2. The number of nitrogens with one attached hydrogen (secondary N) is 2. The van der Waals surface area contributed by atoms with Crippen LogP contribution in [-0.2, 0) is 28.1 Å². The number of para-hydroxylation sites is 1. The first-order valence-corrected chi connectivity index (χ1v) is 16.7. The van der Waals surface area contributed by atoms with Crippen molar-refractivity contribution in [3.05, 3.63) is 42.4 Å². The van der Waals surface area contributed by atoms with Crippen molar-refractivity contribution in [2.45, 2.75) is 94.6 Å². The lowest BCUT2D eigenvalue weighted by Gasteiger charge is -2.28. The molecule has 7 atom stereocenters. The van der Waals surface area contributed by atoms with Crippen molar-refractivity contribution >= 4 is 37.1 Å². The molecule has 1 saturated carbocycles. The molecule has 3 unspecified atom stereocenters. The van der Waals surface area contributed by atoms with Gasteiger partial charge in [0.2, 0.25) is 0 Å². The van der Waals surface area contributed by atoms with Crippen molar-refractivity contribution in [2.24, 2.45) is 10.7 Å². The van der Waals surface area contributed by atoms with Gasteiger partial charge in [0.15, 0.2) is 24.2 Å². The third-order valence-electron chi connectivity index (χ3n) is 7.77. The number of guanidine groups is 1. The Balaban J connectivity index is 1.31. The van der Waals surface area contributed by atoms with Gasteiger partial charge >= 0.3 is 13.7 Å². The molecule has 2 aromatic rings. The van der Waals surface area contributed by atoms with Crippen LogP contribution >= 0.6 is 19.3 Å². The highest BCUT2D eigenvalue weighted by Gasteiger charge is 2.54. The predicted molar refractivity (Wildman–Crippen MR) is 161 cm³/mol. The molecule has 2 aliphatic heterocycles. The molecule has 1 saturated heterocycles. The van der Waals surface area contributed by atoms with E-state index in [9.17, 15) is 14.5 Å². The molecule has 3 heterocycles. The number of rotatable bonds is 12. The van der Waals surface area contributed by atoms with Gasteiger partial charge in [-0.05, 0) is 58.6 Å². The summed E-state index contributed by atoms with van der Waals surface area (Å²) in [5.74, 6) is 0.165. The average Bonchev–Trinajstić information content (AvgIpc) is 3.50. The van der Waals surface area contributed by atoms with Crippen molar-refractivity contribution in [1.82, 2.24) is 20.0 Å². The molecule has 0 radical (unpaired) electrons. The summed E-state index contributed by atoms with van der Waals surface area (Å²) < 4.78 is 44.7. The standard InChI is InChI=1S/C28H40ClN6O8P/c1-4-39-24-21-23(32-27(30)33-24)35(16-31-21)26-28(3,29)22(36)20(42-26)15-40-44(38,43-19-13-9-6-10-14-19)34-17(2)25(37)41-18-11-7-5-8-12-18/h6,9-10,13-14,16-18,20,22,24,26,36H,4-5,7-8,11-12,15H2,1-3H3,(H,34,38)(H3,30,32,33)/t17?,20-,22-,24?,26-,28-,44?/m1/s1. The minimum atomic E-state index is -4.22. The number of hydrogen-bond acceptors (Lipinski definition) is 12. The summed E-state index contributed by atoms with van der Waals surface area (Å²) in [5.41, 5.74) is 6.46. The summed E-state index contributed by atoms with van der Waals surface area (Å²) in [6.07, 6.45) is 2.07. The molecule has 0 spiro atoms. The van der Waals surface area contributed by atoms with Crippen LogP contribution in [0.15, 0.2) is 41.7 Å². The fraction of sp³-hybridized carbons (Fsp3) is 0.607. The van der Waals surface area contributed by atoms with Crippen molar-refractivity contribution in [3.63, 3.8) is 0 Å². The Morgan fingerprint density at radius 2 is 2.05 bits per heavy atom. The monoisotopic (exact) mass is 654 g/mol. The molecule has 1 aliphatic carbocycles. The van der Waals surface area contributed by atoms with E-state index < -0.39 is 55.9 Å². The maximum Gasteiger partial charge on any atom is 0.459 e. The van der Waals surface area contributed by atoms with Gasteiger partial charge < -0.3 is 34.9 Å². The Bertz CT molecular complexity index is 1370. The van der Waals surface area contributed by atoms with Crippen LogP contribution in [0.3, 0.4) is 0 Å². The molecule has 0 bridgehead atoms. The molecular weight excluding hydrogens is 615 g/mol. The number of halogens is 1. The van der Waals surface area contributed by atoms with Gasteiger partial charge in [0.1, 0.15) is 40.7 Å². The van der Waals surface area contributed by atoms with Crippen molar-refractivity contribution in [3.8, 4) is 5.75 Å². The van der Waals surface area contributed by atoms with Gasteiger partial charge in [0.05, 0.1) is 12.9 Å². The highest BCUT2D eigenvalue weighted by molar-refractivity contribution is 7.52. The van der Waals surface area contributed by atoms with Gasteiger partial charge in [-0.25, -0.2) is 9.55 Å². The Kier molecular flexibility index (Phi) is 10.2. The Labute approximate surface area is 261 Å². The third kappa shape index (κ3) is 7.23. The summed E-state index contributed by atoms with van der Waals surface area (Å²) in [6.45, 7) is 4.98. The average molecular weight is 655 g/mol.